The number of nitrogens with two attached hydrogens (primary N) is 2. The summed E-state index contributed by atoms with van der Waals surface area (Å²) >= 11 is 0. The number of hydrogen-bond donors (Lipinski definition) is 7. The van der Waals surface area contributed by atoms with Crippen LogP contribution in [0.15, 0.2) is 146 Å². The van der Waals surface area contributed by atoms with Crippen molar-refractivity contribution in [1.29, 1.82) is 0 Å². The maximum Gasteiger partial charge on any atom is 0.307 e. The van der Waals surface area contributed by atoms with Crippen molar-refractivity contribution in [3.8, 4) is 0 Å². The molecule has 3 fully saturated rings. The highest BCUT2D eigenvalue weighted by Crippen LogP contribution is 2.22. The van der Waals surface area contributed by atoms with E-state index in [1.165, 1.54) is 48.1 Å². The molecule has 0 aromatic heterocycles. The number of ketones is 1. The third-order valence-corrected chi connectivity index (χ3v) is 13.6. The summed E-state index contributed by atoms with van der Waals surface area (Å²) in [4.78, 5) is 51.4. The van der Waals surface area contributed by atoms with Crippen molar-refractivity contribution < 1.29 is 50.6 Å². The Morgan fingerprint density at radius 2 is 0.742 bits per heavy atom. The molecular formula is C69H95F6N9O5. The van der Waals surface area contributed by atoms with Crippen molar-refractivity contribution in [1.82, 2.24) is 21.3 Å². The van der Waals surface area contributed by atoms with E-state index in [-0.39, 0.29) is 36.6 Å². The van der Waals surface area contributed by atoms with Gasteiger partial charge in [0.2, 0.25) is 11.8 Å². The molecule has 0 atom stereocenters. The van der Waals surface area contributed by atoms with Crippen molar-refractivity contribution in [2.24, 2.45) is 11.5 Å². The first kappa shape index (κ1) is 77.3. The number of carboxylic acid groups (broad SMARTS) is 1. The van der Waals surface area contributed by atoms with Gasteiger partial charge in [-0.3, -0.25) is 19.2 Å². The smallest absolute Gasteiger partial charge is 0.307 e. The largest absolute Gasteiger partial charge is 0.481 e. The van der Waals surface area contributed by atoms with Crippen LogP contribution >= 0.6 is 0 Å². The molecule has 14 nitrogen and oxygen atoms in total. The van der Waals surface area contributed by atoms with Gasteiger partial charge in [-0.05, 0) is 115 Å². The van der Waals surface area contributed by atoms with Crippen molar-refractivity contribution in [3.05, 3.63) is 197 Å². The number of benzene rings is 6. The number of nitrogens with zero attached hydrogens (tertiary/aromatic N) is 3. The van der Waals surface area contributed by atoms with Crippen molar-refractivity contribution >= 4 is 40.6 Å². The molecule has 3 aliphatic rings. The molecule has 0 saturated carbocycles. The van der Waals surface area contributed by atoms with Crippen molar-refractivity contribution in [2.45, 2.75) is 111 Å². The Morgan fingerprint density at radius 3 is 1.07 bits per heavy atom. The molecule has 3 saturated heterocycles. The molecule has 6 aromatic rings. The molecule has 488 valence electrons. The highest BCUT2D eigenvalue weighted by Gasteiger charge is 2.21. The number of rotatable bonds is 18. The summed E-state index contributed by atoms with van der Waals surface area (Å²) in [6.45, 7) is 21.7. The number of amides is 2. The monoisotopic (exact) mass is 1240 g/mol. The van der Waals surface area contributed by atoms with Gasteiger partial charge in [0.05, 0.1) is 19.3 Å². The van der Waals surface area contributed by atoms with Crippen LogP contribution in [0.4, 0.5) is 43.4 Å². The van der Waals surface area contributed by atoms with Gasteiger partial charge < -0.3 is 52.5 Å². The van der Waals surface area contributed by atoms with Gasteiger partial charge in [0.1, 0.15) is 5.78 Å². The summed E-state index contributed by atoms with van der Waals surface area (Å²) < 4.78 is 76.1. The van der Waals surface area contributed by atoms with E-state index in [2.05, 4.69) is 103 Å². The Labute approximate surface area is 523 Å². The quantitative estimate of drug-likeness (QED) is 0.0318. The molecule has 6 aromatic carbocycles. The van der Waals surface area contributed by atoms with Crippen LogP contribution in [-0.2, 0) is 38.4 Å². The maximum absolute atomic E-state index is 13.2. The molecule has 20 heteroatoms. The van der Waals surface area contributed by atoms with Gasteiger partial charge in [0, 0.05) is 121 Å². The van der Waals surface area contributed by atoms with Crippen molar-refractivity contribution in [3.63, 3.8) is 0 Å². The van der Waals surface area contributed by atoms with Crippen LogP contribution < -0.4 is 47.4 Å². The number of halogens is 6. The predicted octanol–water partition coefficient (Wildman–Crippen LogP) is 11.2. The minimum Gasteiger partial charge on any atom is -0.481 e. The average molecular weight is 1240 g/mol. The van der Waals surface area contributed by atoms with Crippen LogP contribution in [-0.4, -0.2) is 119 Å². The first-order valence-corrected chi connectivity index (χ1v) is 31.0. The lowest BCUT2D eigenvalue weighted by Gasteiger charge is -2.34. The molecule has 2 amide bonds. The SMILES string of the molecule is CC.CC.CC.NCCNC(=O)Cc1ccc(F)c(F)c1.NCCNC1CCN(c2ccccc2)CC1.O=C(Cc1ccc(F)c(F)c1)NCCNC1CCN(c2ccccc2)CC1.O=C(O)Cc1ccc(F)c(F)c1.O=C1CCN(c2ccccc2)CC1. The van der Waals surface area contributed by atoms with E-state index in [1.807, 2.05) is 65.8 Å². The number of carbonyl (C=O) groups excluding carboxylic acids is 3. The minimum atomic E-state index is -1.07. The molecular weight excluding hydrogens is 1150 g/mol. The second-order valence-corrected chi connectivity index (χ2v) is 19.9. The summed E-state index contributed by atoms with van der Waals surface area (Å²) in [6, 6.07) is 42.4. The lowest BCUT2D eigenvalue weighted by molar-refractivity contribution is -0.136. The molecule has 0 bridgehead atoms. The normalized spacial score (nSPS) is 13.5. The predicted molar refractivity (Wildman–Crippen MR) is 348 cm³/mol. The van der Waals surface area contributed by atoms with Crippen LogP contribution in [0, 0.1) is 34.9 Å². The lowest BCUT2D eigenvalue weighted by atomic mass is 10.0. The first-order valence-electron chi connectivity index (χ1n) is 31.0. The minimum absolute atomic E-state index is 0.0250. The van der Waals surface area contributed by atoms with Gasteiger partial charge in [-0.2, -0.15) is 0 Å². The summed E-state index contributed by atoms with van der Waals surface area (Å²) in [5.74, 6) is -6.80. The molecule has 9 rings (SSSR count). The number of nitrogens with one attached hydrogen (secondary N) is 4. The number of anilines is 3. The molecule has 0 unspecified atom stereocenters. The number of para-hydroxylation sites is 3. The van der Waals surface area contributed by atoms with Gasteiger partial charge >= 0.3 is 5.97 Å². The summed E-state index contributed by atoms with van der Waals surface area (Å²) in [5, 5.41) is 20.6. The van der Waals surface area contributed by atoms with Gasteiger partial charge in [-0.1, -0.05) is 114 Å². The molecule has 89 heavy (non-hydrogen) atoms. The van der Waals surface area contributed by atoms with Crippen LogP contribution in [0.5, 0.6) is 0 Å². The summed E-state index contributed by atoms with van der Waals surface area (Å²) in [6.07, 6.45) is 5.75. The molecule has 0 aliphatic carbocycles. The molecule has 0 spiro atoms. The number of piperidine rings is 3. The number of carboxylic acids is 1. The maximum atomic E-state index is 13.2. The zero-order chi connectivity index (χ0) is 65.8. The number of carbonyl (C=O) groups is 4. The van der Waals surface area contributed by atoms with E-state index in [9.17, 15) is 45.5 Å². The Kier molecular flexibility index (Phi) is 40.3. The van der Waals surface area contributed by atoms with Crippen molar-refractivity contribution in [2.75, 3.05) is 93.2 Å². The van der Waals surface area contributed by atoms with Gasteiger partial charge in [-0.15, -0.1) is 0 Å². The molecule has 9 N–H and O–H groups in total. The van der Waals surface area contributed by atoms with E-state index in [0.29, 0.717) is 68.0 Å². The molecule has 3 aliphatic heterocycles. The van der Waals surface area contributed by atoms with Crippen LogP contribution in [0.25, 0.3) is 0 Å². The van der Waals surface area contributed by atoms with Gasteiger partial charge in [-0.25, -0.2) is 26.3 Å². The molecule has 0 radical (unpaired) electrons. The van der Waals surface area contributed by atoms with Gasteiger partial charge in [0.25, 0.3) is 0 Å². The standard InChI is InChI=1S/C21H25F2N3O.C13H21N3.C11H13NO.C10H12F2N2O.C8H6F2O2.3C2H6/c22-19-7-6-16(14-20(19)23)15-21(27)25-11-10-24-17-8-12-26(13-9-17)18-4-2-1-3-5-18;14-8-9-15-12-6-10-16(11-7-12)13-4-2-1-3-5-13;13-11-6-8-12(9-7-11)10-4-2-1-3-5-10;11-8-2-1-7(5-9(8)12)6-10(15)14-4-3-13;9-6-2-1-5(3-7(6)10)4-8(11)12;3*1-2/h1-7,14,17,24H,8-13,15H2,(H,25,27);1-5,12,15H,6-11,14H2;1-5H,6-9H2;1-2,5H,3-4,6,13H2,(H,14,15);1-3H,4H2,(H,11,12);3*1-2H3. The fourth-order valence-electron chi connectivity index (χ4n) is 9.21. The summed E-state index contributed by atoms with van der Waals surface area (Å²) in [5.41, 5.74) is 15.7. The third kappa shape index (κ3) is 31.8. The Bertz CT molecular complexity index is 2880. The second-order valence-electron chi connectivity index (χ2n) is 19.9. The van der Waals surface area contributed by atoms with E-state index in [0.717, 1.165) is 102 Å². The van der Waals surface area contributed by atoms with E-state index < -0.39 is 40.9 Å². The number of aliphatic carboxylic acids is 1. The van der Waals surface area contributed by atoms with E-state index >= 15 is 0 Å². The highest BCUT2D eigenvalue weighted by atomic mass is 19.2. The Balaban J connectivity index is 0.000000383. The number of hydrogen-bond acceptors (Lipinski definition) is 11. The van der Waals surface area contributed by atoms with Crippen LogP contribution in [0.3, 0.4) is 0 Å². The van der Waals surface area contributed by atoms with Crippen LogP contribution in [0.1, 0.15) is 96.8 Å². The zero-order valence-electron chi connectivity index (χ0n) is 52.7. The second kappa shape index (κ2) is 46.4. The summed E-state index contributed by atoms with van der Waals surface area (Å²) in [7, 11) is 0. The fourth-order valence-corrected chi connectivity index (χ4v) is 9.21. The first-order chi connectivity index (χ1) is 43.1. The van der Waals surface area contributed by atoms with E-state index in [1.54, 1.807) is 0 Å². The Hall–Kier alpha value is -7.78. The Morgan fingerprint density at radius 1 is 0.427 bits per heavy atom. The van der Waals surface area contributed by atoms with E-state index in [4.69, 9.17) is 16.6 Å². The average Bonchev–Trinajstić information content (AvgIpc) is 3.70. The fraction of sp³-hybridized carbons (Fsp3) is 0.420. The molecule has 3 heterocycles. The van der Waals surface area contributed by atoms with Gasteiger partial charge in [0.15, 0.2) is 34.9 Å². The topological polar surface area (TPSA) is 198 Å². The van der Waals surface area contributed by atoms with Crippen LogP contribution in [0.2, 0.25) is 0 Å². The number of Topliss-reactive ketones (excluding diaryl/α,β-unsaturated/α-hetero) is 1. The highest BCUT2D eigenvalue weighted by molar-refractivity contribution is 5.81. The lowest BCUT2D eigenvalue weighted by Crippen LogP contribution is -2.44. The third-order valence-electron chi connectivity index (χ3n) is 13.6. The zero-order valence-corrected chi connectivity index (χ0v) is 52.7.